The molecule has 8 heavy (non-hydrogen) atoms. The van der Waals surface area contributed by atoms with Gasteiger partial charge >= 0.3 is 5.97 Å². The summed E-state index contributed by atoms with van der Waals surface area (Å²) < 4.78 is 14.5. The molecule has 0 amide bonds. The van der Waals surface area contributed by atoms with Gasteiger partial charge in [-0.25, -0.2) is 0 Å². The van der Waals surface area contributed by atoms with Crippen LogP contribution in [0.5, 0.6) is 0 Å². The van der Waals surface area contributed by atoms with Crippen LogP contribution in [-0.2, 0) is 13.9 Å². The third-order valence-corrected chi connectivity index (χ3v) is 1.06. The van der Waals surface area contributed by atoms with Crippen LogP contribution in [0.4, 0.5) is 0 Å². The fourth-order valence-corrected chi connectivity index (χ4v) is 0.697. The second kappa shape index (κ2) is 3.67. The first-order valence-corrected chi connectivity index (χ1v) is 4.19. The van der Waals surface area contributed by atoms with Gasteiger partial charge in [0, 0.05) is 13.1 Å². The number of carbonyl (C=O) groups is 1. The van der Waals surface area contributed by atoms with Crippen molar-refractivity contribution in [3.63, 3.8) is 0 Å². The molecule has 0 spiro atoms. The van der Waals surface area contributed by atoms with Crippen molar-refractivity contribution in [1.29, 1.82) is 0 Å². The van der Waals surface area contributed by atoms with Crippen molar-refractivity contribution in [3.05, 3.63) is 0 Å². The summed E-state index contributed by atoms with van der Waals surface area (Å²) in [4.78, 5) is 10.2. The molecule has 48 valence electrons. The quantitative estimate of drug-likeness (QED) is 0.533. The van der Waals surface area contributed by atoms with E-state index in [1.807, 2.05) is 0 Å². The monoisotopic (exact) mass is 136 g/mol. The Kier molecular flexibility index (Phi) is 3.53. The van der Waals surface area contributed by atoms with E-state index in [0.717, 1.165) is 0 Å². The maximum Gasteiger partial charge on any atom is 0.310 e. The molecule has 0 aromatic heterocycles. The van der Waals surface area contributed by atoms with Crippen molar-refractivity contribution < 1.29 is 13.9 Å². The van der Waals surface area contributed by atoms with Gasteiger partial charge in [0.2, 0.25) is 8.03 Å². The fraction of sp³-hybridized carbons (Fsp3) is 0.750. The zero-order valence-corrected chi connectivity index (χ0v) is 5.93. The van der Waals surface area contributed by atoms with Crippen molar-refractivity contribution in [1.82, 2.24) is 0 Å². The summed E-state index contributed by atoms with van der Waals surface area (Å²) in [5.41, 5.74) is 0. The molecule has 0 aliphatic rings. The second-order valence-electron chi connectivity index (χ2n) is 1.32. The molecule has 1 atom stereocenters. The summed E-state index contributed by atoms with van der Waals surface area (Å²) in [5.74, 6) is -0.392. The third-order valence-electron chi connectivity index (χ3n) is 0.546. The van der Waals surface area contributed by atoms with Crippen molar-refractivity contribution in [2.75, 3.05) is 6.66 Å². The summed E-state index contributed by atoms with van der Waals surface area (Å²) in [6.07, 6.45) is 0.296. The highest BCUT2D eigenvalue weighted by molar-refractivity contribution is 7.38. The van der Waals surface area contributed by atoms with E-state index < -0.39 is 14.0 Å². The molecule has 0 saturated carbocycles. The Morgan fingerprint density at radius 3 is 2.38 bits per heavy atom. The van der Waals surface area contributed by atoms with Crippen molar-refractivity contribution in [2.24, 2.45) is 0 Å². The van der Waals surface area contributed by atoms with E-state index in [0.29, 0.717) is 6.42 Å². The zero-order chi connectivity index (χ0) is 6.57. The largest absolute Gasteiger partial charge is 0.414 e. The van der Waals surface area contributed by atoms with Crippen LogP contribution in [0.1, 0.15) is 13.3 Å². The SMILES string of the molecule is CCC(=O)O[PH](C)=O. The minimum absolute atomic E-state index is 0.296. The molecule has 0 fully saturated rings. The molecule has 1 unspecified atom stereocenters. The summed E-state index contributed by atoms with van der Waals surface area (Å²) >= 11 is 0. The molecule has 3 nitrogen and oxygen atoms in total. The zero-order valence-electron chi connectivity index (χ0n) is 4.93. The Hall–Kier alpha value is -0.300. The van der Waals surface area contributed by atoms with Gasteiger partial charge in [0.15, 0.2) is 0 Å². The number of carbonyl (C=O) groups excluding carboxylic acids is 1. The number of rotatable bonds is 2. The lowest BCUT2D eigenvalue weighted by Gasteiger charge is -1.94. The average molecular weight is 136 g/mol. The van der Waals surface area contributed by atoms with Gasteiger partial charge in [0.1, 0.15) is 0 Å². The minimum atomic E-state index is -2.05. The van der Waals surface area contributed by atoms with E-state index in [1.165, 1.54) is 6.66 Å². The molecular weight excluding hydrogens is 127 g/mol. The lowest BCUT2D eigenvalue weighted by molar-refractivity contribution is -0.133. The van der Waals surface area contributed by atoms with Gasteiger partial charge in [-0.05, 0) is 0 Å². The summed E-state index contributed by atoms with van der Waals surface area (Å²) in [7, 11) is -2.05. The Morgan fingerprint density at radius 1 is 1.75 bits per heavy atom. The van der Waals surface area contributed by atoms with Crippen LogP contribution in [0, 0.1) is 0 Å². The topological polar surface area (TPSA) is 43.4 Å². The molecule has 0 bridgehead atoms. The Balaban J connectivity index is 3.40. The van der Waals surface area contributed by atoms with Crippen molar-refractivity contribution in [3.8, 4) is 0 Å². The summed E-state index contributed by atoms with van der Waals surface area (Å²) in [6, 6.07) is 0. The van der Waals surface area contributed by atoms with Gasteiger partial charge in [-0.15, -0.1) is 0 Å². The van der Waals surface area contributed by atoms with E-state index in [2.05, 4.69) is 4.52 Å². The maximum absolute atomic E-state index is 10.2. The minimum Gasteiger partial charge on any atom is -0.414 e. The smallest absolute Gasteiger partial charge is 0.310 e. The molecular formula is C4H9O3P. The average Bonchev–Trinajstić information content (AvgIpc) is 1.65. The van der Waals surface area contributed by atoms with Crippen LogP contribution >= 0.6 is 8.03 Å². The normalized spacial score (nSPS) is 12.8. The van der Waals surface area contributed by atoms with Crippen molar-refractivity contribution in [2.45, 2.75) is 13.3 Å². The Labute approximate surface area is 48.9 Å². The molecule has 0 aliphatic carbocycles. The maximum atomic E-state index is 10.2. The molecule has 0 heterocycles. The first-order valence-electron chi connectivity index (χ1n) is 2.38. The van der Waals surface area contributed by atoms with E-state index >= 15 is 0 Å². The molecule has 0 aromatic carbocycles. The van der Waals surface area contributed by atoms with E-state index in [1.54, 1.807) is 6.92 Å². The van der Waals surface area contributed by atoms with Gasteiger partial charge in [0.05, 0.1) is 0 Å². The van der Waals surface area contributed by atoms with Gasteiger partial charge < -0.3 is 4.52 Å². The highest BCUT2D eigenvalue weighted by Gasteiger charge is 1.97. The second-order valence-corrected chi connectivity index (χ2v) is 2.51. The molecule has 0 N–H and O–H groups in total. The number of hydrogen-bond donors (Lipinski definition) is 0. The van der Waals surface area contributed by atoms with Gasteiger partial charge in [-0.2, -0.15) is 0 Å². The first kappa shape index (κ1) is 7.70. The molecule has 0 radical (unpaired) electrons. The van der Waals surface area contributed by atoms with E-state index in [-0.39, 0.29) is 0 Å². The highest BCUT2D eigenvalue weighted by atomic mass is 31.1. The van der Waals surface area contributed by atoms with Crippen LogP contribution in [-0.4, -0.2) is 12.6 Å². The number of hydrogen-bond acceptors (Lipinski definition) is 3. The molecule has 0 aromatic rings. The third kappa shape index (κ3) is 3.88. The van der Waals surface area contributed by atoms with Gasteiger partial charge in [-0.1, -0.05) is 6.92 Å². The molecule has 0 aliphatic heterocycles. The first-order chi connectivity index (χ1) is 3.66. The van der Waals surface area contributed by atoms with E-state index in [9.17, 15) is 9.36 Å². The van der Waals surface area contributed by atoms with E-state index in [4.69, 9.17) is 0 Å². The molecule has 0 saturated heterocycles. The lowest BCUT2D eigenvalue weighted by atomic mass is 10.5. The predicted octanol–water partition coefficient (Wildman–Crippen LogP) is 1.04. The lowest BCUT2D eigenvalue weighted by Crippen LogP contribution is -1.93. The Bertz CT molecular complexity index is 110. The van der Waals surface area contributed by atoms with Crippen LogP contribution in [0.25, 0.3) is 0 Å². The highest BCUT2D eigenvalue weighted by Crippen LogP contribution is 2.15. The Morgan fingerprint density at radius 2 is 2.25 bits per heavy atom. The fourth-order valence-electron chi connectivity index (χ4n) is 0.232. The van der Waals surface area contributed by atoms with Crippen LogP contribution in [0.15, 0.2) is 0 Å². The summed E-state index contributed by atoms with van der Waals surface area (Å²) in [6.45, 7) is 3.05. The van der Waals surface area contributed by atoms with Crippen molar-refractivity contribution >= 4 is 14.0 Å². The standard InChI is InChI=1S/C4H9O3P/c1-3-4(5)7-8(2)6/h8H,3H2,1-2H3. The van der Waals surface area contributed by atoms with Crippen LogP contribution in [0.3, 0.4) is 0 Å². The van der Waals surface area contributed by atoms with Crippen LogP contribution < -0.4 is 0 Å². The van der Waals surface area contributed by atoms with Crippen LogP contribution in [0.2, 0.25) is 0 Å². The predicted molar refractivity (Wildman–Crippen MR) is 31.3 cm³/mol. The molecule has 0 rings (SSSR count). The van der Waals surface area contributed by atoms with Gasteiger partial charge in [0.25, 0.3) is 0 Å². The van der Waals surface area contributed by atoms with Gasteiger partial charge in [-0.3, -0.25) is 9.36 Å². The summed E-state index contributed by atoms with van der Waals surface area (Å²) in [5, 5.41) is 0. The molecule has 4 heteroatoms.